The molecule has 1 aliphatic carbocycles. The van der Waals surface area contributed by atoms with Crippen molar-refractivity contribution in [3.8, 4) is 0 Å². The van der Waals surface area contributed by atoms with Gasteiger partial charge in [-0.25, -0.2) is 4.98 Å². The molecule has 1 fully saturated rings. The summed E-state index contributed by atoms with van der Waals surface area (Å²) in [7, 11) is 2.00. The van der Waals surface area contributed by atoms with Crippen LogP contribution >= 0.6 is 11.6 Å². The van der Waals surface area contributed by atoms with Gasteiger partial charge in [-0.3, -0.25) is 4.68 Å². The summed E-state index contributed by atoms with van der Waals surface area (Å²) < 4.78 is 4.27. The molecule has 3 atom stereocenters. The highest BCUT2D eigenvalue weighted by Gasteiger charge is 2.26. The standard InChI is InChI=1S/C16H25ClN4/c1-10-7-5-6-8-13(10)9-21-15(11(2)17)18-14-12(3)19-20(4)16(14)21/h10-11,13H,5-9H2,1-4H3. The zero-order valence-corrected chi connectivity index (χ0v) is 14.2. The largest absolute Gasteiger partial charge is 0.311 e. The monoisotopic (exact) mass is 308 g/mol. The van der Waals surface area contributed by atoms with Gasteiger partial charge in [-0.1, -0.05) is 26.2 Å². The Kier molecular flexibility index (Phi) is 4.00. The molecule has 116 valence electrons. The molecule has 2 aromatic rings. The Hall–Kier alpha value is -1.03. The summed E-state index contributed by atoms with van der Waals surface area (Å²) in [5.41, 5.74) is 3.11. The first kappa shape index (κ1) is 14.9. The van der Waals surface area contributed by atoms with E-state index in [0.29, 0.717) is 0 Å². The van der Waals surface area contributed by atoms with Crippen LogP contribution in [-0.4, -0.2) is 19.3 Å². The lowest BCUT2D eigenvalue weighted by atomic mass is 9.80. The first-order valence-electron chi connectivity index (χ1n) is 8.02. The van der Waals surface area contributed by atoms with E-state index in [1.54, 1.807) is 0 Å². The number of nitrogens with zero attached hydrogens (tertiary/aromatic N) is 4. The molecule has 2 heterocycles. The molecule has 21 heavy (non-hydrogen) atoms. The second kappa shape index (κ2) is 5.64. The fourth-order valence-electron chi connectivity index (χ4n) is 3.73. The van der Waals surface area contributed by atoms with E-state index >= 15 is 0 Å². The Morgan fingerprint density at radius 2 is 2.05 bits per heavy atom. The molecule has 3 unspecified atom stereocenters. The molecule has 4 nitrogen and oxygen atoms in total. The lowest BCUT2D eigenvalue weighted by Gasteiger charge is -2.29. The van der Waals surface area contributed by atoms with Crippen LogP contribution in [0.15, 0.2) is 0 Å². The zero-order valence-electron chi connectivity index (χ0n) is 13.4. The van der Waals surface area contributed by atoms with Gasteiger partial charge in [0.1, 0.15) is 11.3 Å². The van der Waals surface area contributed by atoms with Crippen molar-refractivity contribution in [1.29, 1.82) is 0 Å². The minimum atomic E-state index is -0.0734. The third-order valence-electron chi connectivity index (χ3n) is 4.98. The summed E-state index contributed by atoms with van der Waals surface area (Å²) in [6.07, 6.45) is 5.38. The Morgan fingerprint density at radius 3 is 2.71 bits per heavy atom. The highest BCUT2D eigenvalue weighted by molar-refractivity contribution is 6.20. The molecule has 3 rings (SSSR count). The van der Waals surface area contributed by atoms with Crippen molar-refractivity contribution in [3.63, 3.8) is 0 Å². The molecule has 2 aromatic heterocycles. The van der Waals surface area contributed by atoms with Gasteiger partial charge in [0.05, 0.1) is 11.1 Å². The van der Waals surface area contributed by atoms with Crippen LogP contribution in [0, 0.1) is 18.8 Å². The van der Waals surface area contributed by atoms with Gasteiger partial charge >= 0.3 is 0 Å². The number of imidazole rings is 1. The minimum absolute atomic E-state index is 0.0734. The molecule has 0 N–H and O–H groups in total. The summed E-state index contributed by atoms with van der Waals surface area (Å²) in [5, 5.41) is 4.44. The van der Waals surface area contributed by atoms with Crippen molar-refractivity contribution in [3.05, 3.63) is 11.5 Å². The average Bonchev–Trinajstić information content (AvgIpc) is 2.92. The molecule has 1 saturated carbocycles. The normalized spacial score (nSPS) is 24.6. The summed E-state index contributed by atoms with van der Waals surface area (Å²) >= 11 is 6.38. The van der Waals surface area contributed by atoms with E-state index in [4.69, 9.17) is 16.6 Å². The van der Waals surface area contributed by atoms with E-state index in [9.17, 15) is 0 Å². The van der Waals surface area contributed by atoms with Crippen LogP contribution in [0.5, 0.6) is 0 Å². The van der Waals surface area contributed by atoms with Crippen LogP contribution in [0.25, 0.3) is 11.2 Å². The van der Waals surface area contributed by atoms with Crippen molar-refractivity contribution >= 4 is 22.8 Å². The number of hydrogen-bond donors (Lipinski definition) is 0. The quantitative estimate of drug-likeness (QED) is 0.796. The van der Waals surface area contributed by atoms with Crippen molar-refractivity contribution in [2.45, 2.75) is 58.4 Å². The first-order valence-corrected chi connectivity index (χ1v) is 8.46. The highest BCUT2D eigenvalue weighted by atomic mass is 35.5. The Labute approximate surface area is 131 Å². The van der Waals surface area contributed by atoms with E-state index in [1.807, 2.05) is 25.6 Å². The van der Waals surface area contributed by atoms with E-state index in [-0.39, 0.29) is 5.38 Å². The summed E-state index contributed by atoms with van der Waals surface area (Å²) in [5.74, 6) is 2.49. The van der Waals surface area contributed by atoms with Gasteiger partial charge in [-0.15, -0.1) is 11.6 Å². The molecule has 0 saturated heterocycles. The van der Waals surface area contributed by atoms with Gasteiger partial charge in [0.25, 0.3) is 0 Å². The molecule has 5 heteroatoms. The lowest BCUT2D eigenvalue weighted by molar-refractivity contribution is 0.228. The number of aromatic nitrogens is 4. The van der Waals surface area contributed by atoms with E-state index in [0.717, 1.165) is 41.1 Å². The second-order valence-corrected chi connectivity index (χ2v) is 7.25. The second-order valence-electron chi connectivity index (χ2n) is 6.60. The fraction of sp³-hybridized carbons (Fsp3) is 0.750. The number of rotatable bonds is 3. The molecule has 0 aliphatic heterocycles. The van der Waals surface area contributed by atoms with Crippen molar-refractivity contribution in [2.24, 2.45) is 18.9 Å². The van der Waals surface area contributed by atoms with Crippen LogP contribution in [0.2, 0.25) is 0 Å². The van der Waals surface area contributed by atoms with Crippen LogP contribution in [0.4, 0.5) is 0 Å². The molecular weight excluding hydrogens is 284 g/mol. The van der Waals surface area contributed by atoms with Gasteiger partial charge < -0.3 is 4.57 Å². The molecular formula is C16H25ClN4. The predicted octanol–water partition coefficient (Wildman–Crippen LogP) is 4.20. The van der Waals surface area contributed by atoms with E-state index < -0.39 is 0 Å². The maximum atomic E-state index is 6.38. The maximum Gasteiger partial charge on any atom is 0.158 e. The summed E-state index contributed by atoms with van der Waals surface area (Å²) in [6, 6.07) is 0. The topological polar surface area (TPSA) is 35.6 Å². The number of aryl methyl sites for hydroxylation is 2. The van der Waals surface area contributed by atoms with Crippen molar-refractivity contribution in [1.82, 2.24) is 19.3 Å². The van der Waals surface area contributed by atoms with Crippen molar-refractivity contribution in [2.75, 3.05) is 0 Å². The Balaban J connectivity index is 2.04. The minimum Gasteiger partial charge on any atom is -0.311 e. The number of halogens is 1. The van der Waals surface area contributed by atoms with Gasteiger partial charge in [0.15, 0.2) is 5.65 Å². The Bertz CT molecular complexity index is 640. The maximum absolute atomic E-state index is 6.38. The van der Waals surface area contributed by atoms with Gasteiger partial charge in [-0.05, 0) is 32.1 Å². The third kappa shape index (κ3) is 2.59. The third-order valence-corrected chi connectivity index (χ3v) is 5.18. The number of fused-ring (bicyclic) bond motifs is 1. The molecule has 0 radical (unpaired) electrons. The fourth-order valence-corrected chi connectivity index (χ4v) is 3.90. The highest BCUT2D eigenvalue weighted by Crippen LogP contribution is 2.34. The van der Waals surface area contributed by atoms with Crippen LogP contribution < -0.4 is 0 Å². The molecule has 0 amide bonds. The first-order chi connectivity index (χ1) is 9.99. The van der Waals surface area contributed by atoms with Crippen LogP contribution in [-0.2, 0) is 13.6 Å². The average molecular weight is 309 g/mol. The SMILES string of the molecule is Cc1nn(C)c2c1nc(C(C)Cl)n2CC1CCCCC1C. The molecule has 0 bridgehead atoms. The van der Waals surface area contributed by atoms with Crippen molar-refractivity contribution < 1.29 is 0 Å². The summed E-state index contributed by atoms with van der Waals surface area (Å²) in [6.45, 7) is 7.43. The van der Waals surface area contributed by atoms with E-state index in [2.05, 4.69) is 16.6 Å². The molecule has 1 aliphatic rings. The lowest BCUT2D eigenvalue weighted by Crippen LogP contribution is -2.23. The number of hydrogen-bond acceptors (Lipinski definition) is 2. The smallest absolute Gasteiger partial charge is 0.158 e. The predicted molar refractivity (Wildman–Crippen MR) is 86.6 cm³/mol. The Morgan fingerprint density at radius 1 is 1.33 bits per heavy atom. The van der Waals surface area contributed by atoms with Crippen LogP contribution in [0.3, 0.4) is 0 Å². The van der Waals surface area contributed by atoms with E-state index in [1.165, 1.54) is 25.7 Å². The molecule has 0 aromatic carbocycles. The van der Waals surface area contributed by atoms with Gasteiger partial charge in [0.2, 0.25) is 0 Å². The van der Waals surface area contributed by atoms with Crippen LogP contribution in [0.1, 0.15) is 56.4 Å². The zero-order chi connectivity index (χ0) is 15.1. The van der Waals surface area contributed by atoms with Gasteiger partial charge in [-0.2, -0.15) is 5.10 Å². The molecule has 0 spiro atoms. The van der Waals surface area contributed by atoms with Gasteiger partial charge in [0, 0.05) is 13.6 Å². The summed E-state index contributed by atoms with van der Waals surface area (Å²) in [4.78, 5) is 4.77. The number of alkyl halides is 1.